The highest BCUT2D eigenvalue weighted by Gasteiger charge is 2.52. The van der Waals surface area contributed by atoms with Crippen LogP contribution in [0.1, 0.15) is 43.7 Å². The van der Waals surface area contributed by atoms with Gasteiger partial charge in [-0.15, -0.1) is 0 Å². The number of nitrogens with zero attached hydrogens (tertiary/aromatic N) is 4. The number of anilines is 6. The van der Waals surface area contributed by atoms with Gasteiger partial charge >= 0.3 is 0 Å². The number of allylic oxidation sites excluding steroid dienone is 9. The molecule has 5 aliphatic carbocycles. The summed E-state index contributed by atoms with van der Waals surface area (Å²) >= 11 is 0. The van der Waals surface area contributed by atoms with Crippen LogP contribution in [-0.2, 0) is 11.8 Å². The van der Waals surface area contributed by atoms with E-state index in [2.05, 4.69) is 289 Å². The van der Waals surface area contributed by atoms with Crippen molar-refractivity contribution in [3.8, 4) is 44.5 Å². The molecule has 9 aromatic rings. The molecule has 5 heteroatoms. The normalized spacial score (nSPS) is 20.7. The molecule has 2 aliphatic heterocycles. The predicted octanol–water partition coefficient (Wildman–Crippen LogP) is 17.2. The van der Waals surface area contributed by atoms with Crippen LogP contribution in [0, 0.1) is 0 Å². The molecule has 4 atom stereocenters. The lowest BCUT2D eigenvalue weighted by Crippen LogP contribution is -2.52. The molecule has 7 aliphatic rings. The standard InChI is InChI=1S/C77H58N4O/c1-49-36-37-50(76(82)52-40-43-62-61-24-8-11-27-66(61)77(67(62)47-52)64-25-9-6-22-59(64)60-23-7-10-26-65(60)77)38-39-51-46-53(80-72-32-16-12-28-68(72)78(2)69-29-13-17-33-73(69)80)41-44-56(51)58-45-42-54(48-63(58)57-21-5-4-20-55(49)57)81-74-34-18-14-30-70(74)79(3)71-31-15-19-35-75(71)81/h4-38,40-48,68,70,72,74H,1,39H2,2-3H3/b37-36-,50-38+. The average Bonchev–Trinajstić information content (AvgIpc) is 3.21. The smallest absolute Gasteiger partial charge is 0.192 e. The van der Waals surface area contributed by atoms with Gasteiger partial charge in [-0.25, -0.2) is 0 Å². The first-order chi connectivity index (χ1) is 40.4. The monoisotopic (exact) mass is 1050 g/mol. The van der Waals surface area contributed by atoms with Crippen LogP contribution >= 0.6 is 0 Å². The second-order valence-electron chi connectivity index (χ2n) is 22.8. The third kappa shape index (κ3) is 6.96. The molecule has 0 saturated heterocycles. The Kier molecular flexibility index (Phi) is 10.9. The Hall–Kier alpha value is -9.97. The Morgan fingerprint density at radius 2 is 0.854 bits per heavy atom. The molecule has 9 aromatic carbocycles. The van der Waals surface area contributed by atoms with Crippen molar-refractivity contribution < 1.29 is 4.79 Å². The SMILES string of the molecule is C=C1/C=C\C(C(=O)c2ccc3c(c2)C2(c4ccccc4-c4ccccc42)c2ccccc2-3)=C/Cc2cc(N3c4ccccc4N(C)C4C=CC=CC43)ccc2-c2ccc(N3c4ccccc4N(C)C4C=CC=CC43)cc2-c2ccccc21. The van der Waals surface area contributed by atoms with Gasteiger partial charge in [-0.2, -0.15) is 0 Å². The number of carbonyl (C=O) groups is 1. The maximum absolute atomic E-state index is 15.9. The van der Waals surface area contributed by atoms with E-state index in [0.717, 1.165) is 67.1 Å². The second kappa shape index (κ2) is 18.6. The van der Waals surface area contributed by atoms with Gasteiger partial charge in [0.1, 0.15) is 0 Å². The van der Waals surface area contributed by atoms with E-state index >= 15 is 4.79 Å². The van der Waals surface area contributed by atoms with Gasteiger partial charge in [0.05, 0.1) is 52.3 Å². The highest BCUT2D eigenvalue weighted by molar-refractivity contribution is 6.12. The zero-order chi connectivity index (χ0) is 54.8. The molecule has 0 aromatic heterocycles. The highest BCUT2D eigenvalue weighted by Crippen LogP contribution is 2.63. The van der Waals surface area contributed by atoms with Gasteiger partial charge < -0.3 is 19.6 Å². The fourth-order valence-corrected chi connectivity index (χ4v) is 15.0. The molecule has 0 bridgehead atoms. The van der Waals surface area contributed by atoms with Crippen LogP contribution in [0.4, 0.5) is 34.1 Å². The van der Waals surface area contributed by atoms with Gasteiger partial charge in [0, 0.05) is 36.6 Å². The number of benzene rings is 9. The van der Waals surface area contributed by atoms with Crippen molar-refractivity contribution >= 4 is 45.5 Å². The quantitative estimate of drug-likeness (QED) is 0.164. The summed E-state index contributed by atoms with van der Waals surface area (Å²) in [5.74, 6) is -0.0297. The highest BCUT2D eigenvalue weighted by atomic mass is 16.1. The first-order valence-corrected chi connectivity index (χ1v) is 28.7. The average molecular weight is 1060 g/mol. The largest absolute Gasteiger partial charge is 0.364 e. The van der Waals surface area contributed by atoms with Gasteiger partial charge in [0.25, 0.3) is 0 Å². The molecule has 5 nitrogen and oxygen atoms in total. The van der Waals surface area contributed by atoms with Crippen LogP contribution in [0.2, 0.25) is 0 Å². The van der Waals surface area contributed by atoms with Crippen molar-refractivity contribution in [2.75, 3.05) is 33.7 Å². The zero-order valence-electron chi connectivity index (χ0n) is 45.8. The fraction of sp³-hybridized carbons (Fsp3) is 0.104. The maximum Gasteiger partial charge on any atom is 0.192 e. The minimum Gasteiger partial charge on any atom is -0.364 e. The maximum atomic E-state index is 15.9. The Morgan fingerprint density at radius 3 is 1.43 bits per heavy atom. The summed E-state index contributed by atoms with van der Waals surface area (Å²) in [6.07, 6.45) is 24.8. The van der Waals surface area contributed by atoms with Crippen LogP contribution in [0.3, 0.4) is 0 Å². The molecule has 16 rings (SSSR count). The molecular weight excluding hydrogens is 997 g/mol. The van der Waals surface area contributed by atoms with Crippen LogP contribution in [0.15, 0.2) is 279 Å². The molecule has 2 heterocycles. The fourth-order valence-electron chi connectivity index (χ4n) is 15.0. The number of rotatable bonds is 4. The van der Waals surface area contributed by atoms with Gasteiger partial charge in [-0.1, -0.05) is 219 Å². The number of para-hydroxylation sites is 4. The van der Waals surface area contributed by atoms with Gasteiger partial charge in [0.15, 0.2) is 5.78 Å². The lowest BCUT2D eigenvalue weighted by molar-refractivity contribution is 0.103. The third-order valence-corrected chi connectivity index (χ3v) is 18.7. The molecule has 392 valence electrons. The molecule has 0 N–H and O–H groups in total. The van der Waals surface area contributed by atoms with Gasteiger partial charge in [-0.05, 0) is 144 Å². The van der Waals surface area contributed by atoms with E-state index in [-0.39, 0.29) is 30.0 Å². The number of likely N-dealkylation sites (N-methyl/N-ethyl adjacent to an activating group) is 2. The van der Waals surface area contributed by atoms with Gasteiger partial charge in [-0.3, -0.25) is 4.79 Å². The van der Waals surface area contributed by atoms with Crippen LogP contribution in [0.5, 0.6) is 0 Å². The second-order valence-corrected chi connectivity index (χ2v) is 22.8. The summed E-state index contributed by atoms with van der Waals surface area (Å²) in [6, 6.07) is 73.7. The molecule has 1 spiro atoms. The lowest BCUT2D eigenvalue weighted by atomic mass is 9.70. The summed E-state index contributed by atoms with van der Waals surface area (Å²) in [4.78, 5) is 25.7. The molecular formula is C77H58N4O. The molecule has 0 amide bonds. The first kappa shape index (κ1) is 48.0. The minimum absolute atomic E-state index is 0.0297. The van der Waals surface area contributed by atoms with E-state index in [4.69, 9.17) is 6.58 Å². The van der Waals surface area contributed by atoms with E-state index < -0.39 is 5.41 Å². The van der Waals surface area contributed by atoms with Crippen molar-refractivity contribution in [1.29, 1.82) is 0 Å². The van der Waals surface area contributed by atoms with Crippen molar-refractivity contribution in [2.45, 2.75) is 36.0 Å². The Labute approximate surface area is 480 Å². The van der Waals surface area contributed by atoms with Crippen molar-refractivity contribution in [2.24, 2.45) is 0 Å². The summed E-state index contributed by atoms with van der Waals surface area (Å²) < 4.78 is 0. The van der Waals surface area contributed by atoms with Crippen LogP contribution in [0.25, 0.3) is 50.1 Å². The predicted molar refractivity (Wildman–Crippen MR) is 340 cm³/mol. The molecule has 0 radical (unpaired) electrons. The Morgan fingerprint density at radius 1 is 0.415 bits per heavy atom. The van der Waals surface area contributed by atoms with Gasteiger partial charge in [0.2, 0.25) is 0 Å². The van der Waals surface area contributed by atoms with Crippen molar-refractivity contribution in [1.82, 2.24) is 0 Å². The summed E-state index contributed by atoms with van der Waals surface area (Å²) in [5, 5.41) is 0. The number of hydrogen-bond acceptors (Lipinski definition) is 5. The van der Waals surface area contributed by atoms with Crippen LogP contribution in [-0.4, -0.2) is 44.0 Å². The number of fused-ring (bicyclic) bond motifs is 19. The Balaban J connectivity index is 0.887. The third-order valence-electron chi connectivity index (χ3n) is 18.7. The van der Waals surface area contributed by atoms with E-state index in [1.165, 1.54) is 50.4 Å². The first-order valence-electron chi connectivity index (χ1n) is 28.7. The van der Waals surface area contributed by atoms with Crippen LogP contribution < -0.4 is 19.6 Å². The molecule has 0 saturated carbocycles. The summed E-state index contributed by atoms with van der Waals surface area (Å²) in [5.41, 5.74) is 24.7. The molecule has 82 heavy (non-hydrogen) atoms. The number of ketones is 1. The number of hydrogen-bond donors (Lipinski definition) is 0. The van der Waals surface area contributed by atoms with E-state index in [1.54, 1.807) is 0 Å². The van der Waals surface area contributed by atoms with E-state index in [1.807, 2.05) is 12.1 Å². The van der Waals surface area contributed by atoms with Crippen molar-refractivity contribution in [3.05, 3.63) is 318 Å². The number of Topliss-reactive ketones (excluding diaryl/α,β-unsaturated/α-hetero) is 1. The zero-order valence-corrected chi connectivity index (χ0v) is 45.8. The van der Waals surface area contributed by atoms with E-state index in [9.17, 15) is 0 Å². The molecule has 0 fully saturated rings. The van der Waals surface area contributed by atoms with Crippen molar-refractivity contribution in [3.63, 3.8) is 0 Å². The number of carbonyl (C=O) groups excluding carboxylic acids is 1. The summed E-state index contributed by atoms with van der Waals surface area (Å²) in [6.45, 7) is 4.78. The van der Waals surface area contributed by atoms with E-state index in [0.29, 0.717) is 17.6 Å². The summed E-state index contributed by atoms with van der Waals surface area (Å²) in [7, 11) is 4.42. The molecule has 4 unspecified atom stereocenters. The Bertz CT molecular complexity index is 4350. The lowest BCUT2D eigenvalue weighted by Gasteiger charge is -2.48. The topological polar surface area (TPSA) is 30.0 Å². The minimum atomic E-state index is -0.573.